The predicted octanol–water partition coefficient (Wildman–Crippen LogP) is 4.89. The van der Waals surface area contributed by atoms with Crippen molar-refractivity contribution in [3.63, 3.8) is 0 Å². The van der Waals surface area contributed by atoms with E-state index in [0.29, 0.717) is 11.8 Å². The number of phenols is 4. The van der Waals surface area contributed by atoms with Gasteiger partial charge in [-0.05, 0) is 61.5 Å². The molecule has 2 bridgehead atoms. The van der Waals surface area contributed by atoms with Gasteiger partial charge in [-0.25, -0.2) is 0 Å². The molecule has 0 heterocycles. The molecule has 0 radical (unpaired) electrons. The Hall–Kier alpha value is -2.36. The highest BCUT2D eigenvalue weighted by Crippen LogP contribution is 2.61. The maximum atomic E-state index is 10.8. The molecule has 2 aromatic rings. The molecule has 4 N–H and O–H groups in total. The van der Waals surface area contributed by atoms with Crippen LogP contribution in [-0.2, 0) is 5.41 Å². The molecule has 0 aromatic heterocycles. The number of rotatable bonds is 2. The maximum absolute atomic E-state index is 10.8. The third-order valence-electron chi connectivity index (χ3n) is 7.00. The Labute approximate surface area is 160 Å². The zero-order chi connectivity index (χ0) is 19.3. The fraction of sp³-hybridized carbons (Fsp3) is 0.478. The van der Waals surface area contributed by atoms with Gasteiger partial charge in [-0.1, -0.05) is 26.0 Å². The molecule has 0 spiro atoms. The third-order valence-corrected chi connectivity index (χ3v) is 7.00. The average Bonchev–Trinajstić information content (AvgIpc) is 2.57. The summed E-state index contributed by atoms with van der Waals surface area (Å²) in [4.78, 5) is 0. The van der Waals surface area contributed by atoms with E-state index in [4.69, 9.17) is 0 Å². The standard InChI is InChI=1S/C23H28O4/c1-13-7-15-9-14(2)23(16(8-13)10-15,19-5-3-17(24)11-21(19)26)20-6-4-18(25)12-22(20)27/h3-6,11-16,24-27H,7-10H2,1-2H3. The molecule has 2 fully saturated rings. The smallest absolute Gasteiger partial charge is 0.123 e. The minimum absolute atomic E-state index is 0.0275. The van der Waals surface area contributed by atoms with Crippen molar-refractivity contribution in [3.8, 4) is 23.0 Å². The van der Waals surface area contributed by atoms with Crippen molar-refractivity contribution < 1.29 is 20.4 Å². The van der Waals surface area contributed by atoms with E-state index in [9.17, 15) is 20.4 Å². The summed E-state index contributed by atoms with van der Waals surface area (Å²) in [6.45, 7) is 4.49. The summed E-state index contributed by atoms with van der Waals surface area (Å²) in [6.07, 6.45) is 4.36. The molecule has 2 aromatic carbocycles. The van der Waals surface area contributed by atoms with Crippen LogP contribution in [-0.4, -0.2) is 20.4 Å². The van der Waals surface area contributed by atoms with Gasteiger partial charge >= 0.3 is 0 Å². The number of hydrogen-bond acceptors (Lipinski definition) is 4. The first kappa shape index (κ1) is 18.0. The lowest BCUT2D eigenvalue weighted by atomic mass is 9.48. The normalized spacial score (nSPS) is 29.4. The highest BCUT2D eigenvalue weighted by atomic mass is 16.3. The van der Waals surface area contributed by atoms with Crippen LogP contribution < -0.4 is 0 Å². The fourth-order valence-corrected chi connectivity index (χ4v) is 6.25. The van der Waals surface area contributed by atoms with Gasteiger partial charge in [-0.2, -0.15) is 0 Å². The molecule has 4 nitrogen and oxygen atoms in total. The first-order valence-corrected chi connectivity index (χ1v) is 9.87. The number of hydrogen-bond donors (Lipinski definition) is 4. The van der Waals surface area contributed by atoms with Crippen LogP contribution in [0.3, 0.4) is 0 Å². The largest absolute Gasteiger partial charge is 0.508 e. The van der Waals surface area contributed by atoms with Crippen molar-refractivity contribution in [2.24, 2.45) is 23.7 Å². The van der Waals surface area contributed by atoms with E-state index in [0.717, 1.165) is 30.4 Å². The van der Waals surface area contributed by atoms with E-state index in [2.05, 4.69) is 13.8 Å². The van der Waals surface area contributed by atoms with E-state index in [1.165, 1.54) is 18.6 Å². The van der Waals surface area contributed by atoms with Gasteiger partial charge in [-0.3, -0.25) is 0 Å². The van der Waals surface area contributed by atoms with E-state index in [1.807, 2.05) is 0 Å². The molecule has 4 rings (SSSR count). The van der Waals surface area contributed by atoms with Crippen LogP contribution in [0, 0.1) is 23.7 Å². The van der Waals surface area contributed by atoms with Crippen LogP contribution in [0.2, 0.25) is 0 Å². The second-order valence-electron chi connectivity index (χ2n) is 8.78. The Morgan fingerprint density at radius 1 is 0.741 bits per heavy atom. The minimum Gasteiger partial charge on any atom is -0.508 e. The summed E-state index contributed by atoms with van der Waals surface area (Å²) in [5.41, 5.74) is 0.957. The summed E-state index contributed by atoms with van der Waals surface area (Å²) >= 11 is 0. The molecular weight excluding hydrogens is 340 g/mol. The number of aromatic hydroxyl groups is 4. The summed E-state index contributed by atoms with van der Waals surface area (Å²) in [6, 6.07) is 9.60. The Bertz CT molecular complexity index is 804. The zero-order valence-corrected chi connectivity index (χ0v) is 15.9. The molecule has 144 valence electrons. The fourth-order valence-electron chi connectivity index (χ4n) is 6.25. The van der Waals surface area contributed by atoms with Crippen LogP contribution in [0.5, 0.6) is 23.0 Å². The molecule has 4 heteroatoms. The molecule has 2 saturated carbocycles. The molecule has 4 unspecified atom stereocenters. The lowest BCUT2D eigenvalue weighted by Gasteiger charge is -2.55. The Morgan fingerprint density at radius 2 is 1.30 bits per heavy atom. The molecule has 4 atom stereocenters. The average molecular weight is 368 g/mol. The summed E-state index contributed by atoms with van der Waals surface area (Å²) in [5.74, 6) is 1.93. The summed E-state index contributed by atoms with van der Waals surface area (Å²) < 4.78 is 0. The second kappa shape index (κ2) is 6.36. The maximum Gasteiger partial charge on any atom is 0.123 e. The van der Waals surface area contributed by atoms with Crippen molar-refractivity contribution in [2.75, 3.05) is 0 Å². The van der Waals surface area contributed by atoms with Crippen LogP contribution in [0.15, 0.2) is 36.4 Å². The van der Waals surface area contributed by atoms with Crippen LogP contribution in [0.1, 0.15) is 50.7 Å². The van der Waals surface area contributed by atoms with Crippen molar-refractivity contribution >= 4 is 0 Å². The second-order valence-corrected chi connectivity index (χ2v) is 8.78. The first-order chi connectivity index (χ1) is 12.8. The molecule has 0 amide bonds. The number of fused-ring (bicyclic) bond motifs is 2. The number of phenolic OH excluding ortho intramolecular Hbond substituents is 4. The van der Waals surface area contributed by atoms with Gasteiger partial charge in [0.2, 0.25) is 0 Å². The highest BCUT2D eigenvalue weighted by Gasteiger charge is 2.54. The van der Waals surface area contributed by atoms with Gasteiger partial charge in [0.15, 0.2) is 0 Å². The SMILES string of the molecule is CC1CC2CC(C)C(c3ccc(O)cc3O)(c3ccc(O)cc3O)C(C1)C2. The molecule has 2 aliphatic carbocycles. The van der Waals surface area contributed by atoms with Gasteiger partial charge in [0.1, 0.15) is 23.0 Å². The number of benzene rings is 2. The van der Waals surface area contributed by atoms with E-state index >= 15 is 0 Å². The molecule has 0 aliphatic heterocycles. The lowest BCUT2D eigenvalue weighted by molar-refractivity contribution is 0.0376. The van der Waals surface area contributed by atoms with Gasteiger partial charge in [0.25, 0.3) is 0 Å². The van der Waals surface area contributed by atoms with Gasteiger partial charge < -0.3 is 20.4 Å². The quantitative estimate of drug-likeness (QED) is 0.608. The van der Waals surface area contributed by atoms with Crippen LogP contribution in [0.25, 0.3) is 0 Å². The summed E-state index contributed by atoms with van der Waals surface area (Å²) in [5, 5.41) is 41.3. The third kappa shape index (κ3) is 2.73. The predicted molar refractivity (Wildman–Crippen MR) is 104 cm³/mol. The molecule has 2 aliphatic rings. The highest BCUT2D eigenvalue weighted by molar-refractivity contribution is 5.56. The molecular formula is C23H28O4. The van der Waals surface area contributed by atoms with Crippen molar-refractivity contribution in [3.05, 3.63) is 47.5 Å². The van der Waals surface area contributed by atoms with Crippen molar-refractivity contribution in [1.82, 2.24) is 0 Å². The van der Waals surface area contributed by atoms with Gasteiger partial charge in [-0.15, -0.1) is 0 Å². The Kier molecular flexibility index (Phi) is 4.25. The monoisotopic (exact) mass is 368 g/mol. The zero-order valence-electron chi connectivity index (χ0n) is 15.9. The minimum atomic E-state index is -0.555. The van der Waals surface area contributed by atoms with Crippen LogP contribution >= 0.6 is 0 Å². The van der Waals surface area contributed by atoms with Gasteiger partial charge in [0, 0.05) is 28.7 Å². The van der Waals surface area contributed by atoms with Gasteiger partial charge in [0.05, 0.1) is 0 Å². The molecule has 27 heavy (non-hydrogen) atoms. The Morgan fingerprint density at radius 3 is 1.81 bits per heavy atom. The first-order valence-electron chi connectivity index (χ1n) is 9.87. The Balaban J connectivity index is 2.00. The van der Waals surface area contributed by atoms with Crippen molar-refractivity contribution in [1.29, 1.82) is 0 Å². The van der Waals surface area contributed by atoms with Crippen molar-refractivity contribution in [2.45, 2.75) is 44.9 Å². The molecule has 0 saturated heterocycles. The summed E-state index contributed by atoms with van der Waals surface area (Å²) in [7, 11) is 0. The van der Waals surface area contributed by atoms with E-state index in [-0.39, 0.29) is 34.8 Å². The topological polar surface area (TPSA) is 80.9 Å². The van der Waals surface area contributed by atoms with Crippen LogP contribution in [0.4, 0.5) is 0 Å². The lowest BCUT2D eigenvalue weighted by Crippen LogP contribution is -2.50. The van der Waals surface area contributed by atoms with E-state index in [1.54, 1.807) is 24.3 Å². The van der Waals surface area contributed by atoms with E-state index < -0.39 is 5.41 Å².